The van der Waals surface area contributed by atoms with Crippen molar-refractivity contribution < 1.29 is 23.9 Å². The molecule has 0 aliphatic carbocycles. The Morgan fingerprint density at radius 2 is 1.96 bits per heavy atom. The van der Waals surface area contributed by atoms with Crippen molar-refractivity contribution >= 4 is 17.8 Å². The fourth-order valence-electron chi connectivity index (χ4n) is 2.72. The van der Waals surface area contributed by atoms with E-state index in [1.54, 1.807) is 12.1 Å². The predicted molar refractivity (Wildman–Crippen MR) is 89.1 cm³/mol. The minimum atomic E-state index is -0.529. The van der Waals surface area contributed by atoms with E-state index in [9.17, 15) is 14.4 Å². The first-order chi connectivity index (χ1) is 12.1. The number of hydrogen-bond donors (Lipinski definition) is 1. The fraction of sp³-hybridized carbons (Fsp3) is 0.211. The molecule has 0 saturated heterocycles. The van der Waals surface area contributed by atoms with E-state index in [2.05, 4.69) is 10.1 Å². The summed E-state index contributed by atoms with van der Waals surface area (Å²) in [6.45, 7) is -0.207. The summed E-state index contributed by atoms with van der Waals surface area (Å²) in [7, 11) is 1.25. The molecule has 128 valence electrons. The van der Waals surface area contributed by atoms with Gasteiger partial charge in [-0.15, -0.1) is 0 Å². The summed E-state index contributed by atoms with van der Waals surface area (Å²) in [5.41, 5.74) is 2.48. The van der Waals surface area contributed by atoms with Gasteiger partial charge in [0, 0.05) is 12.0 Å². The number of amides is 1. The summed E-state index contributed by atoms with van der Waals surface area (Å²) in [4.78, 5) is 35.5. The molecule has 0 radical (unpaired) electrons. The van der Waals surface area contributed by atoms with Crippen LogP contribution in [0.2, 0.25) is 0 Å². The van der Waals surface area contributed by atoms with Crippen molar-refractivity contribution in [2.75, 3.05) is 13.7 Å². The minimum absolute atomic E-state index is 0.207. The van der Waals surface area contributed by atoms with Crippen LogP contribution in [-0.4, -0.2) is 31.5 Å². The monoisotopic (exact) mass is 339 g/mol. The van der Waals surface area contributed by atoms with Gasteiger partial charge in [0.1, 0.15) is 12.6 Å². The molecule has 6 nitrogen and oxygen atoms in total. The van der Waals surface area contributed by atoms with E-state index in [1.165, 1.54) is 13.2 Å². The number of cyclic esters (lactones) is 1. The molecule has 2 aromatic rings. The van der Waals surface area contributed by atoms with Crippen molar-refractivity contribution in [3.63, 3.8) is 0 Å². The van der Waals surface area contributed by atoms with E-state index in [4.69, 9.17) is 4.74 Å². The molecule has 0 bridgehead atoms. The predicted octanol–water partition coefficient (Wildman–Crippen LogP) is 2.04. The number of hydrogen-bond acceptors (Lipinski definition) is 5. The highest BCUT2D eigenvalue weighted by atomic mass is 16.5. The van der Waals surface area contributed by atoms with Gasteiger partial charge in [0.2, 0.25) is 0 Å². The maximum absolute atomic E-state index is 12.2. The van der Waals surface area contributed by atoms with Crippen LogP contribution in [0.15, 0.2) is 48.5 Å². The number of nitrogens with one attached hydrogen (secondary N) is 1. The van der Waals surface area contributed by atoms with Gasteiger partial charge in [-0.25, -0.2) is 4.79 Å². The molecule has 0 fully saturated rings. The average molecular weight is 339 g/mol. The second-order valence-electron chi connectivity index (χ2n) is 5.64. The summed E-state index contributed by atoms with van der Waals surface area (Å²) < 4.78 is 9.98. The van der Waals surface area contributed by atoms with Crippen molar-refractivity contribution in [2.45, 2.75) is 12.5 Å². The van der Waals surface area contributed by atoms with Crippen molar-refractivity contribution in [2.24, 2.45) is 0 Å². The average Bonchev–Trinajstić information content (AvgIpc) is 2.65. The van der Waals surface area contributed by atoms with Crippen LogP contribution in [-0.2, 0) is 20.7 Å². The minimum Gasteiger partial charge on any atom is -0.468 e. The van der Waals surface area contributed by atoms with Gasteiger partial charge in [0.05, 0.1) is 12.7 Å². The Bertz CT molecular complexity index is 816. The number of esters is 2. The molecular weight excluding hydrogens is 322 g/mol. The Kier molecular flexibility index (Phi) is 4.79. The number of carbonyl (C=O) groups excluding carboxylic acids is 3. The molecule has 0 aromatic heterocycles. The van der Waals surface area contributed by atoms with E-state index in [0.717, 1.165) is 11.1 Å². The number of ether oxygens (including phenoxy) is 2. The van der Waals surface area contributed by atoms with E-state index >= 15 is 0 Å². The molecule has 1 atom stereocenters. The second kappa shape index (κ2) is 7.17. The number of methoxy groups -OCH3 is 1. The zero-order valence-electron chi connectivity index (χ0n) is 13.7. The molecule has 0 saturated carbocycles. The number of fused-ring (bicyclic) bond motifs is 1. The van der Waals surface area contributed by atoms with Gasteiger partial charge in [-0.1, -0.05) is 30.3 Å². The Labute approximate surface area is 144 Å². The molecule has 0 unspecified atom stereocenters. The first-order valence-corrected chi connectivity index (χ1v) is 7.82. The molecule has 1 aliphatic rings. The van der Waals surface area contributed by atoms with Crippen LogP contribution in [0.1, 0.15) is 37.9 Å². The molecule has 1 N–H and O–H groups in total. The summed E-state index contributed by atoms with van der Waals surface area (Å²) in [6.07, 6.45) is 0.109. The van der Waals surface area contributed by atoms with Crippen LogP contribution >= 0.6 is 0 Å². The zero-order valence-corrected chi connectivity index (χ0v) is 13.7. The third kappa shape index (κ3) is 3.68. The highest BCUT2D eigenvalue weighted by Gasteiger charge is 2.28. The van der Waals surface area contributed by atoms with Crippen LogP contribution < -0.4 is 5.32 Å². The molecule has 3 rings (SSSR count). The standard InChI is InChI=1S/C19H17NO5/c1-24-17(21)11-20-18(22)13-7-8-15-14(9-13)10-16(25-19(15)23)12-5-3-2-4-6-12/h2-9,16H,10-11H2,1H3,(H,20,22)/t16-/m1/s1. The Balaban J connectivity index is 1.80. The zero-order chi connectivity index (χ0) is 17.8. The Hall–Kier alpha value is -3.15. The first-order valence-electron chi connectivity index (χ1n) is 7.82. The third-order valence-corrected chi connectivity index (χ3v) is 4.03. The van der Waals surface area contributed by atoms with Crippen LogP contribution in [0.5, 0.6) is 0 Å². The van der Waals surface area contributed by atoms with Crippen molar-refractivity contribution in [3.8, 4) is 0 Å². The van der Waals surface area contributed by atoms with E-state index in [-0.39, 0.29) is 12.6 Å². The quantitative estimate of drug-likeness (QED) is 0.862. The van der Waals surface area contributed by atoms with Gasteiger partial charge in [0.15, 0.2) is 0 Å². The largest absolute Gasteiger partial charge is 0.468 e. The lowest BCUT2D eigenvalue weighted by Gasteiger charge is -2.25. The van der Waals surface area contributed by atoms with Gasteiger partial charge in [-0.2, -0.15) is 0 Å². The van der Waals surface area contributed by atoms with Crippen molar-refractivity contribution in [3.05, 3.63) is 70.8 Å². The molecule has 25 heavy (non-hydrogen) atoms. The molecule has 6 heteroatoms. The molecule has 2 aromatic carbocycles. The van der Waals surface area contributed by atoms with Crippen molar-refractivity contribution in [1.29, 1.82) is 0 Å². The summed E-state index contributed by atoms with van der Waals surface area (Å²) >= 11 is 0. The topological polar surface area (TPSA) is 81.7 Å². The molecule has 1 amide bonds. The molecule has 0 spiro atoms. The number of rotatable bonds is 4. The first kappa shape index (κ1) is 16.7. The van der Waals surface area contributed by atoms with E-state index in [1.807, 2.05) is 30.3 Å². The second-order valence-corrected chi connectivity index (χ2v) is 5.64. The van der Waals surface area contributed by atoms with Gasteiger partial charge in [0.25, 0.3) is 5.91 Å². The van der Waals surface area contributed by atoms with Gasteiger partial charge >= 0.3 is 11.9 Å². The van der Waals surface area contributed by atoms with E-state index in [0.29, 0.717) is 17.5 Å². The third-order valence-electron chi connectivity index (χ3n) is 4.03. The highest BCUT2D eigenvalue weighted by molar-refractivity contribution is 5.98. The van der Waals surface area contributed by atoms with E-state index < -0.39 is 17.8 Å². The smallest absolute Gasteiger partial charge is 0.339 e. The van der Waals surface area contributed by atoms with Crippen molar-refractivity contribution in [1.82, 2.24) is 5.32 Å². The highest BCUT2D eigenvalue weighted by Crippen LogP contribution is 2.30. The van der Waals surface area contributed by atoms with Crippen LogP contribution in [0.3, 0.4) is 0 Å². The Morgan fingerprint density at radius 1 is 1.20 bits per heavy atom. The molecule has 1 heterocycles. The lowest BCUT2D eigenvalue weighted by atomic mass is 9.93. The maximum atomic E-state index is 12.2. The normalized spacial score (nSPS) is 15.7. The fourth-order valence-corrected chi connectivity index (χ4v) is 2.72. The lowest BCUT2D eigenvalue weighted by Crippen LogP contribution is -2.30. The summed E-state index contributed by atoms with van der Waals surface area (Å²) in [5.74, 6) is -1.33. The SMILES string of the molecule is COC(=O)CNC(=O)c1ccc2c(c1)C[C@H](c1ccccc1)OC2=O. The van der Waals surface area contributed by atoms with Gasteiger partial charge < -0.3 is 14.8 Å². The molecular formula is C19H17NO5. The van der Waals surface area contributed by atoms with Crippen LogP contribution in [0, 0.1) is 0 Å². The lowest BCUT2D eigenvalue weighted by molar-refractivity contribution is -0.139. The van der Waals surface area contributed by atoms with Gasteiger partial charge in [-0.3, -0.25) is 9.59 Å². The molecule has 1 aliphatic heterocycles. The summed E-state index contributed by atoms with van der Waals surface area (Å²) in [6, 6.07) is 14.2. The van der Waals surface area contributed by atoms with Gasteiger partial charge in [-0.05, 0) is 29.3 Å². The van der Waals surface area contributed by atoms with Crippen LogP contribution in [0.4, 0.5) is 0 Å². The number of benzene rings is 2. The Morgan fingerprint density at radius 3 is 2.68 bits per heavy atom. The maximum Gasteiger partial charge on any atom is 0.339 e. The summed E-state index contributed by atoms with van der Waals surface area (Å²) in [5, 5.41) is 2.48. The van der Waals surface area contributed by atoms with Crippen LogP contribution in [0.25, 0.3) is 0 Å². The number of carbonyl (C=O) groups is 3.